The minimum Gasteiger partial charge on any atom is -0.294 e. The van der Waals surface area contributed by atoms with Crippen LogP contribution >= 0.6 is 0 Å². The summed E-state index contributed by atoms with van der Waals surface area (Å²) in [7, 11) is 0. The molecule has 0 radical (unpaired) electrons. The van der Waals surface area contributed by atoms with Crippen molar-refractivity contribution in [3.63, 3.8) is 0 Å². The summed E-state index contributed by atoms with van der Waals surface area (Å²) in [6.07, 6.45) is 0. The third-order valence-electron chi connectivity index (χ3n) is 2.98. The van der Waals surface area contributed by atoms with Gasteiger partial charge in [-0.1, -0.05) is 13.8 Å². The summed E-state index contributed by atoms with van der Waals surface area (Å²) >= 11 is 0. The third-order valence-corrected chi connectivity index (χ3v) is 2.98. The molecule has 0 N–H and O–H groups in total. The second-order valence-electron chi connectivity index (χ2n) is 3.79. The van der Waals surface area contributed by atoms with Crippen molar-refractivity contribution in [2.75, 3.05) is 0 Å². The Balaban J connectivity index is 2.69. The summed E-state index contributed by atoms with van der Waals surface area (Å²) in [5, 5.41) is 0. The molecule has 0 aliphatic heterocycles. The fourth-order valence-electron chi connectivity index (χ4n) is 1.97. The van der Waals surface area contributed by atoms with Gasteiger partial charge in [0.05, 0.1) is 0 Å². The van der Waals surface area contributed by atoms with Gasteiger partial charge in [0.1, 0.15) is 11.6 Å². The van der Waals surface area contributed by atoms with Gasteiger partial charge in [-0.25, -0.2) is 8.78 Å². The van der Waals surface area contributed by atoms with Gasteiger partial charge in [-0.05, 0) is 12.0 Å². The van der Waals surface area contributed by atoms with Gasteiger partial charge in [-0.2, -0.15) is 0 Å². The molecular weight excluding hydrogens is 186 g/mol. The predicted octanol–water partition coefficient (Wildman–Crippen LogP) is 2.90. The summed E-state index contributed by atoms with van der Waals surface area (Å²) in [5.74, 6) is -1.86. The lowest BCUT2D eigenvalue weighted by Gasteiger charge is -2.08. The summed E-state index contributed by atoms with van der Waals surface area (Å²) < 4.78 is 26.2. The lowest BCUT2D eigenvalue weighted by atomic mass is 9.96. The van der Waals surface area contributed by atoms with Crippen molar-refractivity contribution in [3.05, 3.63) is 34.9 Å². The van der Waals surface area contributed by atoms with Gasteiger partial charge in [0.15, 0.2) is 5.78 Å². The van der Waals surface area contributed by atoms with Gasteiger partial charge < -0.3 is 0 Å². The molecule has 3 heteroatoms. The molecule has 2 unspecified atom stereocenters. The number of halogens is 2. The van der Waals surface area contributed by atoms with Gasteiger partial charge >= 0.3 is 0 Å². The number of hydrogen-bond acceptors (Lipinski definition) is 1. The third kappa shape index (κ3) is 1.08. The quantitative estimate of drug-likeness (QED) is 0.623. The molecule has 2 rings (SSSR count). The average Bonchev–Trinajstić information content (AvgIpc) is 2.31. The largest absolute Gasteiger partial charge is 0.294 e. The molecule has 1 nitrogen and oxygen atoms in total. The van der Waals surface area contributed by atoms with Crippen molar-refractivity contribution in [2.24, 2.45) is 5.92 Å². The highest BCUT2D eigenvalue weighted by Gasteiger charge is 2.36. The normalized spacial score (nSPS) is 25.3. The van der Waals surface area contributed by atoms with Gasteiger partial charge in [0.2, 0.25) is 0 Å². The van der Waals surface area contributed by atoms with Crippen LogP contribution in [0.25, 0.3) is 0 Å². The van der Waals surface area contributed by atoms with E-state index in [9.17, 15) is 13.6 Å². The Morgan fingerprint density at radius 3 is 2.43 bits per heavy atom. The van der Waals surface area contributed by atoms with Crippen LogP contribution in [0.5, 0.6) is 0 Å². The van der Waals surface area contributed by atoms with Crippen LogP contribution in [0.4, 0.5) is 8.78 Å². The molecule has 1 aliphatic rings. The molecule has 1 aromatic carbocycles. The smallest absolute Gasteiger partial charge is 0.166 e. The number of hydrogen-bond donors (Lipinski definition) is 0. The van der Waals surface area contributed by atoms with E-state index in [4.69, 9.17) is 0 Å². The average molecular weight is 196 g/mol. The van der Waals surface area contributed by atoms with Gasteiger partial charge in [0, 0.05) is 23.1 Å². The topological polar surface area (TPSA) is 17.1 Å². The van der Waals surface area contributed by atoms with Crippen molar-refractivity contribution in [1.29, 1.82) is 0 Å². The number of Topliss-reactive ketones (excluding diaryl/α,β-unsaturated/α-hetero) is 1. The van der Waals surface area contributed by atoms with E-state index in [0.29, 0.717) is 5.56 Å². The first-order valence-corrected chi connectivity index (χ1v) is 4.55. The van der Waals surface area contributed by atoms with Crippen LogP contribution in [0.1, 0.15) is 35.7 Å². The lowest BCUT2D eigenvalue weighted by molar-refractivity contribution is 0.0936. The Hall–Kier alpha value is -1.25. The Kier molecular flexibility index (Phi) is 1.91. The van der Waals surface area contributed by atoms with Crippen molar-refractivity contribution in [3.8, 4) is 0 Å². The van der Waals surface area contributed by atoms with E-state index < -0.39 is 11.6 Å². The standard InChI is InChI=1S/C11H10F2O/c1-5-6(2)11(14)8-3-7(12)4-9(13)10(5)8/h3-6H,1-2H3. The van der Waals surface area contributed by atoms with E-state index in [2.05, 4.69) is 0 Å². The predicted molar refractivity (Wildman–Crippen MR) is 48.3 cm³/mol. The molecule has 0 aromatic heterocycles. The van der Waals surface area contributed by atoms with Crippen molar-refractivity contribution < 1.29 is 13.6 Å². The molecule has 74 valence electrons. The number of fused-ring (bicyclic) bond motifs is 1. The first kappa shape index (κ1) is 9.31. The first-order valence-electron chi connectivity index (χ1n) is 4.55. The molecule has 14 heavy (non-hydrogen) atoms. The summed E-state index contributed by atoms with van der Waals surface area (Å²) in [6, 6.07) is 1.96. The summed E-state index contributed by atoms with van der Waals surface area (Å²) in [5.41, 5.74) is 0.575. The minimum atomic E-state index is -0.684. The van der Waals surface area contributed by atoms with E-state index in [1.54, 1.807) is 13.8 Å². The summed E-state index contributed by atoms with van der Waals surface area (Å²) in [6.45, 7) is 3.53. The van der Waals surface area contributed by atoms with E-state index >= 15 is 0 Å². The van der Waals surface area contributed by atoms with E-state index in [1.807, 2.05) is 0 Å². The van der Waals surface area contributed by atoms with Crippen LogP contribution in [-0.4, -0.2) is 5.78 Å². The Labute approximate surface area is 80.7 Å². The number of rotatable bonds is 0. The maximum Gasteiger partial charge on any atom is 0.166 e. The first-order chi connectivity index (χ1) is 6.52. The number of benzene rings is 1. The van der Waals surface area contributed by atoms with E-state index in [1.165, 1.54) is 0 Å². The zero-order chi connectivity index (χ0) is 10.5. The molecule has 0 saturated heterocycles. The lowest BCUT2D eigenvalue weighted by Crippen LogP contribution is -2.06. The Morgan fingerprint density at radius 2 is 1.79 bits per heavy atom. The zero-order valence-corrected chi connectivity index (χ0v) is 7.97. The maximum absolute atomic E-state index is 13.4. The Bertz CT molecular complexity index is 412. The number of carbonyl (C=O) groups excluding carboxylic acids is 1. The summed E-state index contributed by atoms with van der Waals surface area (Å²) in [4.78, 5) is 11.6. The molecule has 0 spiro atoms. The highest BCUT2D eigenvalue weighted by Crippen LogP contribution is 2.39. The van der Waals surface area contributed by atoms with E-state index in [0.717, 1.165) is 12.1 Å². The van der Waals surface area contributed by atoms with Crippen LogP contribution in [-0.2, 0) is 0 Å². The molecule has 0 fully saturated rings. The fraction of sp³-hybridized carbons (Fsp3) is 0.364. The van der Waals surface area contributed by atoms with Gasteiger partial charge in [-0.3, -0.25) is 4.79 Å². The van der Waals surface area contributed by atoms with Crippen molar-refractivity contribution in [1.82, 2.24) is 0 Å². The molecular formula is C11H10F2O. The van der Waals surface area contributed by atoms with Crippen LogP contribution in [0.2, 0.25) is 0 Å². The molecule has 0 amide bonds. The molecule has 0 saturated carbocycles. The highest BCUT2D eigenvalue weighted by atomic mass is 19.1. The second-order valence-corrected chi connectivity index (χ2v) is 3.79. The monoisotopic (exact) mass is 196 g/mol. The minimum absolute atomic E-state index is 0.155. The fourth-order valence-corrected chi connectivity index (χ4v) is 1.97. The van der Waals surface area contributed by atoms with Crippen LogP contribution in [0, 0.1) is 17.6 Å². The SMILES string of the molecule is CC1C(=O)c2cc(F)cc(F)c2C1C. The zero-order valence-electron chi connectivity index (χ0n) is 7.97. The molecule has 1 aliphatic carbocycles. The molecule has 2 atom stereocenters. The van der Waals surface area contributed by atoms with Crippen LogP contribution < -0.4 is 0 Å². The van der Waals surface area contributed by atoms with E-state index in [-0.39, 0.29) is 23.2 Å². The molecule has 0 bridgehead atoms. The van der Waals surface area contributed by atoms with Crippen molar-refractivity contribution in [2.45, 2.75) is 19.8 Å². The molecule has 1 aromatic rings. The van der Waals surface area contributed by atoms with Crippen molar-refractivity contribution >= 4 is 5.78 Å². The molecule has 0 heterocycles. The van der Waals surface area contributed by atoms with Gasteiger partial charge in [-0.15, -0.1) is 0 Å². The highest BCUT2D eigenvalue weighted by molar-refractivity contribution is 6.02. The van der Waals surface area contributed by atoms with Crippen LogP contribution in [0.15, 0.2) is 12.1 Å². The second kappa shape index (κ2) is 2.87. The maximum atomic E-state index is 13.4. The number of carbonyl (C=O) groups is 1. The van der Waals surface area contributed by atoms with Gasteiger partial charge in [0.25, 0.3) is 0 Å². The number of ketones is 1. The Morgan fingerprint density at radius 1 is 1.14 bits per heavy atom. The van der Waals surface area contributed by atoms with Crippen LogP contribution in [0.3, 0.4) is 0 Å².